The maximum Gasteiger partial charge on any atom is 0.129 e. The summed E-state index contributed by atoms with van der Waals surface area (Å²) in [5.74, 6) is 1.71. The summed E-state index contributed by atoms with van der Waals surface area (Å²) >= 11 is 4.40. The average Bonchev–Trinajstić information content (AvgIpc) is 2.44. The second kappa shape index (κ2) is 8.96. The molecular weight excluding hydrogens is 502 g/mol. The second-order valence-corrected chi connectivity index (χ2v) is 8.05. The average molecular weight is 524 g/mol. The lowest BCUT2D eigenvalue weighted by Gasteiger charge is -2.07. The third kappa shape index (κ3) is 5.95. The van der Waals surface area contributed by atoms with Gasteiger partial charge in [0.1, 0.15) is 11.5 Å². The van der Waals surface area contributed by atoms with Gasteiger partial charge in [0, 0.05) is 3.57 Å². The maximum absolute atomic E-state index is 9.34. The van der Waals surface area contributed by atoms with Crippen molar-refractivity contribution in [2.45, 2.75) is 39.5 Å². The highest BCUT2D eigenvalue weighted by atomic mass is 127. The minimum atomic E-state index is 0.356. The first kappa shape index (κ1) is 19.5. The van der Waals surface area contributed by atoms with Crippen LogP contribution < -0.4 is 0 Å². The van der Waals surface area contributed by atoms with E-state index in [9.17, 15) is 10.2 Å². The molecule has 22 heavy (non-hydrogen) atoms. The molecule has 0 spiro atoms. The van der Waals surface area contributed by atoms with Crippen LogP contribution in [0.25, 0.3) is 0 Å². The first-order valence-corrected chi connectivity index (χ1v) is 9.35. The Bertz CT molecular complexity index is 622. The van der Waals surface area contributed by atoms with Crippen LogP contribution in [-0.4, -0.2) is 10.2 Å². The first-order valence-electron chi connectivity index (χ1n) is 7.19. The summed E-state index contributed by atoms with van der Waals surface area (Å²) in [6, 6.07) is 11.3. The fourth-order valence-corrected chi connectivity index (χ4v) is 3.16. The molecule has 0 aliphatic heterocycles. The van der Waals surface area contributed by atoms with Crippen molar-refractivity contribution < 1.29 is 10.2 Å². The van der Waals surface area contributed by atoms with Crippen molar-refractivity contribution in [3.8, 4) is 11.5 Å². The van der Waals surface area contributed by atoms with Crippen LogP contribution in [0, 0.1) is 7.14 Å². The fourth-order valence-electron chi connectivity index (χ4n) is 1.86. The molecule has 4 heteroatoms. The van der Waals surface area contributed by atoms with Crippen LogP contribution in [-0.2, 0) is 0 Å². The fraction of sp³-hybridized carbons (Fsp3) is 0.333. The summed E-state index contributed by atoms with van der Waals surface area (Å²) in [6.45, 7) is 8.47. The molecule has 0 radical (unpaired) electrons. The Morgan fingerprint density at radius 2 is 1.36 bits per heavy atom. The normalized spacial score (nSPS) is 10.5. The van der Waals surface area contributed by atoms with Crippen molar-refractivity contribution in [3.05, 3.63) is 54.7 Å². The van der Waals surface area contributed by atoms with Crippen LogP contribution in [0.1, 0.15) is 50.7 Å². The van der Waals surface area contributed by atoms with Crippen molar-refractivity contribution in [1.82, 2.24) is 0 Å². The summed E-state index contributed by atoms with van der Waals surface area (Å²) in [6.07, 6.45) is 0. The van der Waals surface area contributed by atoms with Gasteiger partial charge in [0.05, 0.1) is 3.57 Å². The molecule has 0 fully saturated rings. The highest BCUT2D eigenvalue weighted by molar-refractivity contribution is 14.1. The minimum Gasteiger partial charge on any atom is -0.508 e. The zero-order valence-corrected chi connectivity index (χ0v) is 17.6. The molecule has 0 aliphatic rings. The standard InChI is InChI=1S/2C9H11IO/c1-6(2)8-5-7(11)3-4-9(8)10;1-6(2)7-3-4-8(10)9(11)5-7/h2*3-6,11H,1-2H3. The van der Waals surface area contributed by atoms with E-state index in [2.05, 4.69) is 72.9 Å². The van der Waals surface area contributed by atoms with E-state index in [1.807, 2.05) is 30.3 Å². The number of phenols is 2. The van der Waals surface area contributed by atoms with E-state index in [-0.39, 0.29) is 0 Å². The molecular formula is C18H22I2O2. The van der Waals surface area contributed by atoms with Crippen molar-refractivity contribution in [2.75, 3.05) is 0 Å². The van der Waals surface area contributed by atoms with Gasteiger partial charge in [-0.15, -0.1) is 0 Å². The van der Waals surface area contributed by atoms with Crippen LogP contribution in [0.3, 0.4) is 0 Å². The molecule has 120 valence electrons. The second-order valence-electron chi connectivity index (χ2n) is 5.73. The molecule has 2 nitrogen and oxygen atoms in total. The molecule has 2 rings (SSSR count). The molecule has 0 bridgehead atoms. The van der Waals surface area contributed by atoms with Crippen LogP contribution in [0.5, 0.6) is 11.5 Å². The lowest BCUT2D eigenvalue weighted by atomic mass is 10.0. The Morgan fingerprint density at radius 3 is 1.82 bits per heavy atom. The lowest BCUT2D eigenvalue weighted by Crippen LogP contribution is -1.90. The molecule has 0 heterocycles. The zero-order valence-electron chi connectivity index (χ0n) is 13.3. The molecule has 0 amide bonds. The monoisotopic (exact) mass is 524 g/mol. The third-order valence-electron chi connectivity index (χ3n) is 3.24. The Balaban J connectivity index is 0.000000220. The number of aromatic hydroxyl groups is 2. The van der Waals surface area contributed by atoms with Gasteiger partial charge in [0.25, 0.3) is 0 Å². The minimum absolute atomic E-state index is 0.356. The summed E-state index contributed by atoms with van der Waals surface area (Å²) < 4.78 is 2.13. The highest BCUT2D eigenvalue weighted by Crippen LogP contribution is 2.25. The van der Waals surface area contributed by atoms with E-state index in [1.54, 1.807) is 6.07 Å². The Labute approximate surface area is 160 Å². The number of hydrogen-bond acceptors (Lipinski definition) is 2. The van der Waals surface area contributed by atoms with E-state index < -0.39 is 0 Å². The molecule has 2 aromatic rings. The molecule has 0 unspecified atom stereocenters. The molecule has 0 saturated carbocycles. The number of benzene rings is 2. The van der Waals surface area contributed by atoms with Crippen LogP contribution in [0.2, 0.25) is 0 Å². The van der Waals surface area contributed by atoms with E-state index in [0.717, 1.165) is 3.57 Å². The van der Waals surface area contributed by atoms with Gasteiger partial charge >= 0.3 is 0 Å². The number of halogens is 2. The van der Waals surface area contributed by atoms with Crippen molar-refractivity contribution in [1.29, 1.82) is 0 Å². The van der Waals surface area contributed by atoms with Gasteiger partial charge in [-0.05, 0) is 98.5 Å². The van der Waals surface area contributed by atoms with Crippen LogP contribution in [0.15, 0.2) is 36.4 Å². The summed E-state index contributed by atoms with van der Waals surface area (Å²) in [5, 5.41) is 18.5. The molecule has 0 aliphatic carbocycles. The van der Waals surface area contributed by atoms with Crippen molar-refractivity contribution in [2.24, 2.45) is 0 Å². The molecule has 0 saturated heterocycles. The Morgan fingerprint density at radius 1 is 0.773 bits per heavy atom. The number of hydrogen-bond donors (Lipinski definition) is 2. The van der Waals surface area contributed by atoms with Crippen LogP contribution >= 0.6 is 45.2 Å². The zero-order chi connectivity index (χ0) is 16.9. The predicted molar refractivity (Wildman–Crippen MR) is 110 cm³/mol. The van der Waals surface area contributed by atoms with Gasteiger partial charge in [0.2, 0.25) is 0 Å². The lowest BCUT2D eigenvalue weighted by molar-refractivity contribution is 0.470. The summed E-state index contributed by atoms with van der Waals surface area (Å²) in [5.41, 5.74) is 2.40. The number of phenolic OH excluding ortho intramolecular Hbond substituents is 2. The van der Waals surface area contributed by atoms with Gasteiger partial charge in [-0.3, -0.25) is 0 Å². The maximum atomic E-state index is 9.34. The quantitative estimate of drug-likeness (QED) is 0.457. The van der Waals surface area contributed by atoms with Gasteiger partial charge in [-0.2, -0.15) is 0 Å². The van der Waals surface area contributed by atoms with Gasteiger partial charge < -0.3 is 10.2 Å². The Hall–Kier alpha value is -0.500. The predicted octanol–water partition coefficient (Wildman–Crippen LogP) is 6.24. The molecule has 0 aromatic heterocycles. The summed E-state index contributed by atoms with van der Waals surface area (Å²) in [7, 11) is 0. The van der Waals surface area contributed by atoms with Crippen LogP contribution in [0.4, 0.5) is 0 Å². The van der Waals surface area contributed by atoms with E-state index in [4.69, 9.17) is 0 Å². The van der Waals surface area contributed by atoms with Crippen molar-refractivity contribution >= 4 is 45.2 Å². The largest absolute Gasteiger partial charge is 0.508 e. The van der Waals surface area contributed by atoms with Gasteiger partial charge in [-0.25, -0.2) is 0 Å². The molecule has 2 aromatic carbocycles. The van der Waals surface area contributed by atoms with Gasteiger partial charge in [-0.1, -0.05) is 33.8 Å². The third-order valence-corrected chi connectivity index (χ3v) is 5.13. The number of rotatable bonds is 2. The van der Waals surface area contributed by atoms with Crippen molar-refractivity contribution in [3.63, 3.8) is 0 Å². The van der Waals surface area contributed by atoms with Gasteiger partial charge in [0.15, 0.2) is 0 Å². The Kier molecular flexibility index (Phi) is 7.96. The van der Waals surface area contributed by atoms with E-state index >= 15 is 0 Å². The SMILES string of the molecule is CC(C)c1cc(O)ccc1I.CC(C)c1ccc(I)c(O)c1. The topological polar surface area (TPSA) is 40.5 Å². The molecule has 2 N–H and O–H groups in total. The first-order chi connectivity index (χ1) is 10.2. The smallest absolute Gasteiger partial charge is 0.129 e. The molecule has 0 atom stereocenters. The highest BCUT2D eigenvalue weighted by Gasteiger charge is 2.04. The summed E-state index contributed by atoms with van der Waals surface area (Å²) in [4.78, 5) is 0. The van der Waals surface area contributed by atoms with E-state index in [1.165, 1.54) is 14.7 Å². The van der Waals surface area contributed by atoms with E-state index in [0.29, 0.717) is 23.3 Å².